The molecule has 5 heteroatoms. The average molecular weight is 246 g/mol. The van der Waals surface area contributed by atoms with Crippen LogP contribution >= 0.6 is 0 Å². The highest BCUT2D eigenvalue weighted by Crippen LogP contribution is 2.21. The van der Waals surface area contributed by atoms with Crippen molar-refractivity contribution < 1.29 is 9.90 Å². The number of rotatable bonds is 2. The molecule has 18 heavy (non-hydrogen) atoms. The molecule has 0 bridgehead atoms. The van der Waals surface area contributed by atoms with Crippen LogP contribution in [0.15, 0.2) is 29.2 Å². The van der Waals surface area contributed by atoms with Crippen LogP contribution in [0.25, 0.3) is 10.9 Å². The maximum absolute atomic E-state index is 12.1. The predicted octanol–water partition coefficient (Wildman–Crippen LogP) is 1.86. The van der Waals surface area contributed by atoms with Crippen LogP contribution < -0.4 is 11.2 Å². The van der Waals surface area contributed by atoms with Crippen LogP contribution in [-0.2, 0) is 0 Å². The number of aromatic nitrogens is 1. The number of nitrogens with two attached hydrogens (primary N) is 1. The van der Waals surface area contributed by atoms with Crippen molar-refractivity contribution in [2.24, 2.45) is 0 Å². The molecule has 5 nitrogen and oxygen atoms in total. The molecular weight excluding hydrogens is 232 g/mol. The number of hydrogen-bond donors (Lipinski definition) is 2. The van der Waals surface area contributed by atoms with Crippen molar-refractivity contribution in [2.75, 3.05) is 5.73 Å². The first-order valence-electron chi connectivity index (χ1n) is 5.60. The van der Waals surface area contributed by atoms with Gasteiger partial charge < -0.3 is 15.4 Å². The van der Waals surface area contributed by atoms with Gasteiger partial charge in [0.05, 0.1) is 10.9 Å². The Balaban J connectivity index is 3.03. The Morgan fingerprint density at radius 2 is 2.06 bits per heavy atom. The second kappa shape index (κ2) is 4.18. The molecule has 0 aliphatic rings. The van der Waals surface area contributed by atoms with E-state index in [0.717, 1.165) is 0 Å². The summed E-state index contributed by atoms with van der Waals surface area (Å²) in [5.41, 5.74) is 5.95. The van der Waals surface area contributed by atoms with Crippen molar-refractivity contribution in [1.82, 2.24) is 4.57 Å². The zero-order valence-corrected chi connectivity index (χ0v) is 10.2. The highest BCUT2D eigenvalue weighted by molar-refractivity contribution is 5.97. The van der Waals surface area contributed by atoms with Crippen LogP contribution in [0.1, 0.15) is 30.2 Å². The molecule has 0 amide bonds. The summed E-state index contributed by atoms with van der Waals surface area (Å²) in [6.07, 6.45) is 1.37. The van der Waals surface area contributed by atoms with Crippen molar-refractivity contribution in [3.05, 3.63) is 40.2 Å². The molecule has 3 N–H and O–H groups in total. The van der Waals surface area contributed by atoms with Crippen molar-refractivity contribution in [2.45, 2.75) is 19.9 Å². The summed E-state index contributed by atoms with van der Waals surface area (Å²) in [6.45, 7) is 3.83. The van der Waals surface area contributed by atoms with E-state index in [2.05, 4.69) is 0 Å². The van der Waals surface area contributed by atoms with Gasteiger partial charge in [-0.05, 0) is 26.0 Å². The molecule has 0 spiro atoms. The lowest BCUT2D eigenvalue weighted by Crippen LogP contribution is -2.20. The highest BCUT2D eigenvalue weighted by atomic mass is 16.4. The minimum atomic E-state index is -1.24. The van der Waals surface area contributed by atoms with Gasteiger partial charge in [-0.25, -0.2) is 4.79 Å². The lowest BCUT2D eigenvalue weighted by molar-refractivity contribution is 0.0695. The topological polar surface area (TPSA) is 85.3 Å². The summed E-state index contributed by atoms with van der Waals surface area (Å²) in [6, 6.07) is 5.14. The molecule has 0 aliphatic heterocycles. The van der Waals surface area contributed by atoms with Gasteiger partial charge in [-0.15, -0.1) is 0 Å². The summed E-state index contributed by atoms with van der Waals surface area (Å²) >= 11 is 0. The predicted molar refractivity (Wildman–Crippen MR) is 70.0 cm³/mol. The van der Waals surface area contributed by atoms with Gasteiger partial charge in [-0.3, -0.25) is 4.79 Å². The van der Waals surface area contributed by atoms with E-state index in [0.29, 0.717) is 11.2 Å². The molecule has 1 aromatic carbocycles. The van der Waals surface area contributed by atoms with Gasteiger partial charge in [0.2, 0.25) is 5.43 Å². The Hall–Kier alpha value is -2.30. The number of nitrogens with zero attached hydrogens (tertiary/aromatic N) is 1. The summed E-state index contributed by atoms with van der Waals surface area (Å²) in [5.74, 6) is -1.24. The van der Waals surface area contributed by atoms with Crippen LogP contribution in [0.3, 0.4) is 0 Å². The zero-order valence-electron chi connectivity index (χ0n) is 10.2. The Morgan fingerprint density at radius 1 is 1.39 bits per heavy atom. The van der Waals surface area contributed by atoms with Crippen molar-refractivity contribution in [1.29, 1.82) is 0 Å². The normalized spacial score (nSPS) is 11.1. The highest BCUT2D eigenvalue weighted by Gasteiger charge is 2.16. The lowest BCUT2D eigenvalue weighted by Gasteiger charge is -2.16. The van der Waals surface area contributed by atoms with E-state index >= 15 is 0 Å². The van der Waals surface area contributed by atoms with Crippen LogP contribution in [0.2, 0.25) is 0 Å². The smallest absolute Gasteiger partial charge is 0.341 e. The molecule has 2 aromatic rings. The first-order valence-corrected chi connectivity index (χ1v) is 5.60. The molecule has 1 heterocycles. The molecule has 0 saturated carbocycles. The fourth-order valence-electron chi connectivity index (χ4n) is 2.00. The Bertz CT molecular complexity index is 686. The van der Waals surface area contributed by atoms with Gasteiger partial charge >= 0.3 is 5.97 Å². The molecule has 1 aromatic heterocycles. The van der Waals surface area contributed by atoms with Crippen LogP contribution in [-0.4, -0.2) is 15.6 Å². The maximum Gasteiger partial charge on any atom is 0.341 e. The first kappa shape index (κ1) is 12.2. The van der Waals surface area contributed by atoms with Crippen LogP contribution in [0.4, 0.5) is 5.69 Å². The number of nitrogen functional groups attached to an aromatic ring is 1. The van der Waals surface area contributed by atoms with Gasteiger partial charge in [-0.1, -0.05) is 6.07 Å². The molecule has 2 rings (SSSR count). The SMILES string of the molecule is CC(C)n1cc(C(=O)O)c(=O)c2c(N)cccc21. The maximum atomic E-state index is 12.1. The molecule has 0 atom stereocenters. The van der Waals surface area contributed by atoms with Gasteiger partial charge in [-0.2, -0.15) is 0 Å². The number of carbonyl (C=O) groups is 1. The van der Waals surface area contributed by atoms with E-state index in [-0.39, 0.29) is 17.0 Å². The van der Waals surface area contributed by atoms with Gasteiger partial charge in [0, 0.05) is 17.9 Å². The van der Waals surface area contributed by atoms with E-state index < -0.39 is 11.4 Å². The number of carboxylic acid groups (broad SMARTS) is 1. The van der Waals surface area contributed by atoms with Crippen LogP contribution in [0, 0.1) is 0 Å². The molecule has 0 fully saturated rings. The number of aromatic carboxylic acids is 1. The minimum absolute atomic E-state index is 0.0352. The quantitative estimate of drug-likeness (QED) is 0.792. The zero-order chi connectivity index (χ0) is 13.4. The fraction of sp³-hybridized carbons (Fsp3) is 0.231. The number of benzene rings is 1. The fourth-order valence-corrected chi connectivity index (χ4v) is 2.00. The van der Waals surface area contributed by atoms with Crippen molar-refractivity contribution >= 4 is 22.6 Å². The summed E-state index contributed by atoms with van der Waals surface area (Å²) in [5, 5.41) is 9.34. The Labute approximate surface area is 103 Å². The van der Waals surface area contributed by atoms with Gasteiger partial charge in [0.15, 0.2) is 0 Å². The number of fused-ring (bicyclic) bond motifs is 1. The van der Waals surface area contributed by atoms with E-state index in [4.69, 9.17) is 10.8 Å². The summed E-state index contributed by atoms with van der Waals surface area (Å²) < 4.78 is 1.75. The molecule has 0 saturated heterocycles. The Kier molecular flexibility index (Phi) is 2.82. The van der Waals surface area contributed by atoms with Crippen molar-refractivity contribution in [3.8, 4) is 0 Å². The number of pyridine rings is 1. The van der Waals surface area contributed by atoms with E-state index in [1.165, 1.54) is 6.20 Å². The number of hydrogen-bond acceptors (Lipinski definition) is 3. The Morgan fingerprint density at radius 3 is 2.61 bits per heavy atom. The second-order valence-corrected chi connectivity index (χ2v) is 4.42. The van der Waals surface area contributed by atoms with Gasteiger partial charge in [0.25, 0.3) is 0 Å². The third-order valence-electron chi connectivity index (χ3n) is 2.88. The third-order valence-corrected chi connectivity index (χ3v) is 2.88. The molecule has 0 unspecified atom stereocenters. The summed E-state index contributed by atoms with van der Waals surface area (Å²) in [4.78, 5) is 23.2. The van der Waals surface area contributed by atoms with Crippen molar-refractivity contribution in [3.63, 3.8) is 0 Å². The molecule has 0 radical (unpaired) electrons. The summed E-state index contributed by atoms with van der Waals surface area (Å²) in [7, 11) is 0. The van der Waals surface area contributed by atoms with E-state index in [1.807, 2.05) is 13.8 Å². The third kappa shape index (κ3) is 1.73. The first-order chi connectivity index (χ1) is 8.43. The molecule has 0 aliphatic carbocycles. The monoisotopic (exact) mass is 246 g/mol. The minimum Gasteiger partial charge on any atom is -0.477 e. The van der Waals surface area contributed by atoms with Gasteiger partial charge in [0.1, 0.15) is 5.56 Å². The van der Waals surface area contributed by atoms with E-state index in [1.54, 1.807) is 22.8 Å². The standard InChI is InChI=1S/C13H14N2O3/c1-7(2)15-6-8(13(17)18)12(16)11-9(14)4-3-5-10(11)15/h3-7H,14H2,1-2H3,(H,17,18). The molecule has 94 valence electrons. The molecular formula is C13H14N2O3. The largest absolute Gasteiger partial charge is 0.477 e. The number of carboxylic acids is 1. The lowest BCUT2D eigenvalue weighted by atomic mass is 10.1. The average Bonchev–Trinajstić information content (AvgIpc) is 2.28. The number of anilines is 1. The van der Waals surface area contributed by atoms with Crippen LogP contribution in [0.5, 0.6) is 0 Å². The second-order valence-electron chi connectivity index (χ2n) is 4.42. The van der Waals surface area contributed by atoms with E-state index in [9.17, 15) is 9.59 Å².